The molecule has 23 heavy (non-hydrogen) atoms. The number of aliphatic hydroxyl groups is 1. The molecule has 2 rings (SSSR count). The summed E-state index contributed by atoms with van der Waals surface area (Å²) in [6.45, 7) is 3.13. The molecule has 2 atom stereocenters. The van der Waals surface area contributed by atoms with E-state index in [9.17, 15) is 5.11 Å². The van der Waals surface area contributed by atoms with Gasteiger partial charge in [-0.15, -0.1) is 24.0 Å². The molecule has 1 heterocycles. The molecule has 0 bridgehead atoms. The number of thioether (sulfide) groups is 1. The zero-order valence-electron chi connectivity index (χ0n) is 13.3. The van der Waals surface area contributed by atoms with Crippen LogP contribution < -0.4 is 10.6 Å². The number of halogens is 2. The Bertz CT molecular complexity index is 498. The minimum Gasteiger partial charge on any atom is -0.386 e. The van der Waals surface area contributed by atoms with Crippen molar-refractivity contribution in [1.29, 1.82) is 0 Å². The monoisotopic (exact) mass is 469 g/mol. The molecule has 3 N–H and O–H groups in total. The van der Waals surface area contributed by atoms with Gasteiger partial charge in [0.05, 0.1) is 6.54 Å². The average molecular weight is 470 g/mol. The number of hydrogen-bond acceptors (Lipinski definition) is 3. The Morgan fingerprint density at radius 1 is 1.48 bits per heavy atom. The Hall–Kier alpha value is -0.180. The summed E-state index contributed by atoms with van der Waals surface area (Å²) >= 11 is 8.08. The van der Waals surface area contributed by atoms with Crippen molar-refractivity contribution in [3.8, 4) is 0 Å². The van der Waals surface area contributed by atoms with Gasteiger partial charge in [-0.25, -0.2) is 0 Å². The van der Waals surface area contributed by atoms with E-state index in [1.54, 1.807) is 6.07 Å². The van der Waals surface area contributed by atoms with Crippen molar-refractivity contribution in [2.24, 2.45) is 4.99 Å². The second-order valence-electron chi connectivity index (χ2n) is 5.32. The van der Waals surface area contributed by atoms with Crippen molar-refractivity contribution >= 4 is 53.3 Å². The van der Waals surface area contributed by atoms with Gasteiger partial charge in [0.2, 0.25) is 0 Å². The van der Waals surface area contributed by atoms with Gasteiger partial charge in [-0.1, -0.05) is 29.8 Å². The van der Waals surface area contributed by atoms with Crippen molar-refractivity contribution in [2.75, 3.05) is 24.6 Å². The van der Waals surface area contributed by atoms with E-state index in [2.05, 4.69) is 15.6 Å². The van der Waals surface area contributed by atoms with E-state index in [1.165, 1.54) is 18.6 Å². The second-order valence-corrected chi connectivity index (χ2v) is 6.87. The fraction of sp³-hybridized carbons (Fsp3) is 0.562. The molecule has 1 aliphatic heterocycles. The van der Waals surface area contributed by atoms with Crippen LogP contribution in [0.5, 0.6) is 0 Å². The molecule has 2 unspecified atom stereocenters. The van der Waals surface area contributed by atoms with Gasteiger partial charge in [0, 0.05) is 28.9 Å². The maximum atomic E-state index is 10.3. The summed E-state index contributed by atoms with van der Waals surface area (Å²) in [6, 6.07) is 7.80. The standard InChI is InChI=1S/C16H24ClN3OS.HI/c1-2-18-16(20-12-6-5-9-22-11-12)19-10-15(21)13-7-3-4-8-14(13)17;/h3-4,7-8,12,15,21H,2,5-6,9-11H2,1H3,(H2,18,19,20);1H. The number of hydrogen-bond donors (Lipinski definition) is 3. The maximum Gasteiger partial charge on any atom is 0.191 e. The van der Waals surface area contributed by atoms with Crippen LogP contribution in [0.15, 0.2) is 29.3 Å². The number of nitrogens with zero attached hydrogens (tertiary/aromatic N) is 1. The van der Waals surface area contributed by atoms with Gasteiger partial charge < -0.3 is 15.7 Å². The van der Waals surface area contributed by atoms with Gasteiger partial charge in [-0.3, -0.25) is 4.99 Å². The van der Waals surface area contributed by atoms with Crippen LogP contribution >= 0.6 is 47.3 Å². The third-order valence-corrected chi connectivity index (χ3v) is 5.09. The summed E-state index contributed by atoms with van der Waals surface area (Å²) in [4.78, 5) is 4.50. The van der Waals surface area contributed by atoms with E-state index >= 15 is 0 Å². The van der Waals surface area contributed by atoms with Crippen molar-refractivity contribution in [2.45, 2.75) is 31.9 Å². The number of aliphatic hydroxyl groups excluding tert-OH is 1. The van der Waals surface area contributed by atoms with Crippen LogP contribution in [0.2, 0.25) is 5.02 Å². The summed E-state index contributed by atoms with van der Waals surface area (Å²) in [5.74, 6) is 3.12. The quantitative estimate of drug-likeness (QED) is 0.351. The largest absolute Gasteiger partial charge is 0.386 e. The van der Waals surface area contributed by atoms with E-state index in [0.29, 0.717) is 17.6 Å². The zero-order valence-corrected chi connectivity index (χ0v) is 17.2. The first kappa shape index (κ1) is 20.9. The summed E-state index contributed by atoms with van der Waals surface area (Å²) in [7, 11) is 0. The van der Waals surface area contributed by atoms with Crippen LogP contribution in [0.4, 0.5) is 0 Å². The highest BCUT2D eigenvalue weighted by Gasteiger charge is 2.15. The second kappa shape index (κ2) is 11.4. The number of guanidine groups is 1. The van der Waals surface area contributed by atoms with Crippen molar-refractivity contribution in [3.63, 3.8) is 0 Å². The highest BCUT2D eigenvalue weighted by atomic mass is 127. The molecule has 0 aliphatic carbocycles. The van der Waals surface area contributed by atoms with Crippen molar-refractivity contribution in [1.82, 2.24) is 10.6 Å². The van der Waals surface area contributed by atoms with Crippen LogP contribution in [-0.4, -0.2) is 41.7 Å². The van der Waals surface area contributed by atoms with Gasteiger partial charge in [0.1, 0.15) is 6.10 Å². The Morgan fingerprint density at radius 2 is 2.26 bits per heavy atom. The Balaban J connectivity index is 0.00000264. The first-order chi connectivity index (χ1) is 10.7. The van der Waals surface area contributed by atoms with Crippen LogP contribution in [0, 0.1) is 0 Å². The van der Waals surface area contributed by atoms with Crippen LogP contribution in [0.1, 0.15) is 31.4 Å². The number of aliphatic imine (C=N–C) groups is 1. The number of benzene rings is 1. The van der Waals surface area contributed by atoms with Crippen LogP contribution in [0.3, 0.4) is 0 Å². The van der Waals surface area contributed by atoms with E-state index in [-0.39, 0.29) is 24.0 Å². The number of nitrogens with one attached hydrogen (secondary N) is 2. The lowest BCUT2D eigenvalue weighted by Crippen LogP contribution is -2.45. The topological polar surface area (TPSA) is 56.7 Å². The van der Waals surface area contributed by atoms with Gasteiger partial charge in [0.15, 0.2) is 5.96 Å². The SMILES string of the molecule is CCNC(=NCC(O)c1ccccc1Cl)NC1CCCSC1.I. The molecule has 4 nitrogen and oxygen atoms in total. The summed E-state index contributed by atoms with van der Waals surface area (Å²) < 4.78 is 0. The molecule has 0 spiro atoms. The maximum absolute atomic E-state index is 10.3. The lowest BCUT2D eigenvalue weighted by Gasteiger charge is -2.24. The minimum absolute atomic E-state index is 0. The third-order valence-electron chi connectivity index (χ3n) is 3.53. The fourth-order valence-electron chi connectivity index (χ4n) is 2.39. The van der Waals surface area contributed by atoms with Crippen molar-refractivity contribution < 1.29 is 5.11 Å². The molecular formula is C16H25ClIN3OS. The molecule has 0 radical (unpaired) electrons. The van der Waals surface area contributed by atoms with Crippen LogP contribution in [-0.2, 0) is 0 Å². The zero-order chi connectivity index (χ0) is 15.8. The normalized spacial score (nSPS) is 19.6. The molecule has 1 aliphatic rings. The minimum atomic E-state index is -0.690. The lowest BCUT2D eigenvalue weighted by molar-refractivity contribution is 0.187. The molecular weight excluding hydrogens is 445 g/mol. The van der Waals surface area contributed by atoms with Crippen LogP contribution in [0.25, 0.3) is 0 Å². The number of rotatable bonds is 5. The van der Waals surface area contributed by atoms with Gasteiger partial charge >= 0.3 is 0 Å². The summed E-state index contributed by atoms with van der Waals surface area (Å²) in [5, 5.41) is 17.5. The molecule has 1 aromatic carbocycles. The van der Waals surface area contributed by atoms with Gasteiger partial charge in [0.25, 0.3) is 0 Å². The first-order valence-electron chi connectivity index (χ1n) is 7.75. The Labute approximate surface area is 164 Å². The third kappa shape index (κ3) is 7.07. The molecule has 0 saturated carbocycles. The highest BCUT2D eigenvalue weighted by molar-refractivity contribution is 14.0. The lowest BCUT2D eigenvalue weighted by atomic mass is 10.1. The predicted molar refractivity (Wildman–Crippen MR) is 111 cm³/mol. The van der Waals surface area contributed by atoms with Gasteiger partial charge in [-0.05, 0) is 31.6 Å². The highest BCUT2D eigenvalue weighted by Crippen LogP contribution is 2.22. The molecule has 130 valence electrons. The molecule has 7 heteroatoms. The first-order valence-corrected chi connectivity index (χ1v) is 9.29. The summed E-state index contributed by atoms with van der Waals surface area (Å²) in [6.07, 6.45) is 1.72. The van der Waals surface area contributed by atoms with Gasteiger partial charge in [-0.2, -0.15) is 11.8 Å². The van der Waals surface area contributed by atoms with Crippen molar-refractivity contribution in [3.05, 3.63) is 34.9 Å². The van der Waals surface area contributed by atoms with E-state index in [4.69, 9.17) is 11.6 Å². The van der Waals surface area contributed by atoms with E-state index in [1.807, 2.05) is 36.9 Å². The summed E-state index contributed by atoms with van der Waals surface area (Å²) in [5.41, 5.74) is 0.719. The molecule has 0 aromatic heterocycles. The van der Waals surface area contributed by atoms with E-state index in [0.717, 1.165) is 23.8 Å². The fourth-order valence-corrected chi connectivity index (χ4v) is 3.72. The predicted octanol–water partition coefficient (Wildman–Crippen LogP) is 3.44. The smallest absolute Gasteiger partial charge is 0.191 e. The Morgan fingerprint density at radius 3 is 2.91 bits per heavy atom. The Kier molecular flexibility index (Phi) is 10.3. The molecule has 1 saturated heterocycles. The molecule has 0 amide bonds. The molecule has 1 aromatic rings. The van der Waals surface area contributed by atoms with E-state index < -0.39 is 6.10 Å². The molecule has 1 fully saturated rings. The average Bonchev–Trinajstić information content (AvgIpc) is 2.54.